The number of anilines is 1. The SMILES string of the molecule is COc1ccc(N2C[C@H](C(=O)N3CCN(S(C)(=O)=O)CC3)CC2=O)cc1. The molecule has 0 radical (unpaired) electrons. The fraction of sp³-hybridized carbons (Fsp3) is 0.529. The molecule has 8 nitrogen and oxygen atoms in total. The second kappa shape index (κ2) is 7.24. The van der Waals surface area contributed by atoms with Crippen LogP contribution in [0.25, 0.3) is 0 Å². The van der Waals surface area contributed by atoms with Crippen molar-refractivity contribution in [2.45, 2.75) is 6.42 Å². The lowest BCUT2D eigenvalue weighted by molar-refractivity contribution is -0.136. The topological polar surface area (TPSA) is 87.2 Å². The third kappa shape index (κ3) is 3.83. The van der Waals surface area contributed by atoms with Gasteiger partial charge in [-0.1, -0.05) is 0 Å². The Bertz CT molecular complexity index is 785. The number of carbonyl (C=O) groups excluding carboxylic acids is 2. The van der Waals surface area contributed by atoms with Crippen LogP contribution >= 0.6 is 0 Å². The Balaban J connectivity index is 1.62. The van der Waals surface area contributed by atoms with Gasteiger partial charge in [-0.25, -0.2) is 8.42 Å². The van der Waals surface area contributed by atoms with E-state index >= 15 is 0 Å². The van der Waals surface area contributed by atoms with Gasteiger partial charge in [0.05, 0.1) is 19.3 Å². The van der Waals surface area contributed by atoms with E-state index in [2.05, 4.69) is 0 Å². The van der Waals surface area contributed by atoms with Crippen LogP contribution < -0.4 is 9.64 Å². The van der Waals surface area contributed by atoms with E-state index < -0.39 is 15.9 Å². The van der Waals surface area contributed by atoms with Crippen molar-refractivity contribution in [3.05, 3.63) is 24.3 Å². The van der Waals surface area contributed by atoms with E-state index in [1.807, 2.05) is 0 Å². The fourth-order valence-electron chi connectivity index (χ4n) is 3.38. The highest BCUT2D eigenvalue weighted by Gasteiger charge is 2.38. The summed E-state index contributed by atoms with van der Waals surface area (Å²) >= 11 is 0. The normalized spacial score (nSPS) is 21.9. The molecule has 0 aliphatic carbocycles. The molecule has 0 N–H and O–H groups in total. The van der Waals surface area contributed by atoms with Gasteiger partial charge in [0.2, 0.25) is 21.8 Å². The first-order valence-electron chi connectivity index (χ1n) is 8.48. The molecule has 0 bridgehead atoms. The minimum Gasteiger partial charge on any atom is -0.497 e. The summed E-state index contributed by atoms with van der Waals surface area (Å²) in [5.74, 6) is 0.150. The third-order valence-electron chi connectivity index (χ3n) is 4.88. The predicted molar refractivity (Wildman–Crippen MR) is 96.5 cm³/mol. The predicted octanol–water partition coefficient (Wildman–Crippen LogP) is 0.152. The van der Waals surface area contributed by atoms with Crippen LogP contribution in [0, 0.1) is 5.92 Å². The molecule has 1 aromatic carbocycles. The lowest BCUT2D eigenvalue weighted by Crippen LogP contribution is -2.51. The maximum atomic E-state index is 12.7. The van der Waals surface area contributed by atoms with E-state index in [4.69, 9.17) is 4.74 Å². The third-order valence-corrected chi connectivity index (χ3v) is 6.18. The van der Waals surface area contributed by atoms with E-state index in [9.17, 15) is 18.0 Å². The molecule has 2 aliphatic rings. The molecule has 3 rings (SSSR count). The number of carbonyl (C=O) groups is 2. The number of sulfonamides is 1. The molecular formula is C17H23N3O5S. The zero-order chi connectivity index (χ0) is 18.9. The van der Waals surface area contributed by atoms with Gasteiger partial charge in [-0.2, -0.15) is 4.31 Å². The molecule has 2 aliphatic heterocycles. The summed E-state index contributed by atoms with van der Waals surface area (Å²) in [4.78, 5) is 28.4. The Hall–Kier alpha value is -2.13. The van der Waals surface area contributed by atoms with Crippen LogP contribution in [0.15, 0.2) is 24.3 Å². The number of methoxy groups -OCH3 is 1. The summed E-state index contributed by atoms with van der Waals surface area (Å²) in [6.07, 6.45) is 1.35. The van der Waals surface area contributed by atoms with Crippen molar-refractivity contribution in [2.75, 3.05) is 51.0 Å². The Morgan fingerprint density at radius 1 is 1.12 bits per heavy atom. The van der Waals surface area contributed by atoms with Crippen molar-refractivity contribution >= 4 is 27.5 Å². The Morgan fingerprint density at radius 3 is 2.27 bits per heavy atom. The standard InChI is InChI=1S/C17H23N3O5S/c1-25-15-5-3-14(4-6-15)20-12-13(11-16(20)21)17(22)18-7-9-19(10-8-18)26(2,23)24/h3-6,13H,7-12H2,1-2H3/t13-/m1/s1. The quantitative estimate of drug-likeness (QED) is 0.741. The van der Waals surface area contributed by atoms with Crippen LogP contribution in [0.5, 0.6) is 5.75 Å². The van der Waals surface area contributed by atoms with Crippen molar-refractivity contribution in [3.8, 4) is 5.75 Å². The fourth-order valence-corrected chi connectivity index (χ4v) is 4.21. The van der Waals surface area contributed by atoms with E-state index in [0.717, 1.165) is 5.69 Å². The van der Waals surface area contributed by atoms with Crippen LogP contribution in [-0.2, 0) is 19.6 Å². The second-order valence-corrected chi connectivity index (χ2v) is 8.57. The average Bonchev–Trinajstić information content (AvgIpc) is 3.02. The molecule has 0 aromatic heterocycles. The van der Waals surface area contributed by atoms with Gasteiger partial charge in [0.15, 0.2) is 0 Å². The summed E-state index contributed by atoms with van der Waals surface area (Å²) in [5.41, 5.74) is 0.744. The highest BCUT2D eigenvalue weighted by atomic mass is 32.2. The maximum absolute atomic E-state index is 12.7. The first-order chi connectivity index (χ1) is 12.3. The van der Waals surface area contributed by atoms with E-state index in [1.165, 1.54) is 10.6 Å². The van der Waals surface area contributed by atoms with Crippen LogP contribution in [-0.4, -0.2) is 75.5 Å². The second-order valence-electron chi connectivity index (χ2n) is 6.59. The molecule has 0 spiro atoms. The molecule has 2 fully saturated rings. The number of ether oxygens (including phenoxy) is 1. The molecule has 1 atom stereocenters. The summed E-state index contributed by atoms with van der Waals surface area (Å²) in [6.45, 7) is 1.66. The largest absolute Gasteiger partial charge is 0.497 e. The number of hydrogen-bond donors (Lipinski definition) is 0. The minimum atomic E-state index is -3.23. The molecule has 142 valence electrons. The lowest BCUT2D eigenvalue weighted by Gasteiger charge is -2.34. The number of rotatable bonds is 4. The van der Waals surface area contributed by atoms with Gasteiger partial charge in [-0.3, -0.25) is 9.59 Å². The van der Waals surface area contributed by atoms with Gasteiger partial charge in [-0.15, -0.1) is 0 Å². The molecule has 9 heteroatoms. The average molecular weight is 381 g/mol. The number of amides is 2. The number of nitrogens with zero attached hydrogens (tertiary/aromatic N) is 3. The number of piperazine rings is 1. The molecular weight excluding hydrogens is 358 g/mol. The first-order valence-corrected chi connectivity index (χ1v) is 10.3. The summed E-state index contributed by atoms with van der Waals surface area (Å²) in [7, 11) is -1.65. The zero-order valence-electron chi connectivity index (χ0n) is 14.9. The van der Waals surface area contributed by atoms with Crippen LogP contribution in [0.3, 0.4) is 0 Å². The van der Waals surface area contributed by atoms with Gasteiger partial charge in [-0.05, 0) is 24.3 Å². The van der Waals surface area contributed by atoms with Gasteiger partial charge >= 0.3 is 0 Å². The molecule has 2 saturated heterocycles. The van der Waals surface area contributed by atoms with E-state index in [0.29, 0.717) is 38.5 Å². The summed E-state index contributed by atoms with van der Waals surface area (Å²) in [6, 6.07) is 7.16. The van der Waals surface area contributed by atoms with Crippen LogP contribution in [0.4, 0.5) is 5.69 Å². The number of hydrogen-bond acceptors (Lipinski definition) is 5. The minimum absolute atomic E-state index is 0.0803. The van der Waals surface area contributed by atoms with Gasteiger partial charge in [0, 0.05) is 44.8 Å². The molecule has 2 amide bonds. The Labute approximate surface area is 153 Å². The Morgan fingerprint density at radius 2 is 1.73 bits per heavy atom. The van der Waals surface area contributed by atoms with Crippen LogP contribution in [0.2, 0.25) is 0 Å². The highest BCUT2D eigenvalue weighted by molar-refractivity contribution is 7.88. The highest BCUT2D eigenvalue weighted by Crippen LogP contribution is 2.28. The maximum Gasteiger partial charge on any atom is 0.228 e. The Kier molecular flexibility index (Phi) is 5.19. The van der Waals surface area contributed by atoms with Gasteiger partial charge in [0.1, 0.15) is 5.75 Å². The lowest BCUT2D eigenvalue weighted by atomic mass is 10.1. The smallest absolute Gasteiger partial charge is 0.228 e. The summed E-state index contributed by atoms with van der Waals surface area (Å²) in [5, 5.41) is 0. The summed E-state index contributed by atoms with van der Waals surface area (Å²) < 4.78 is 29.6. The van der Waals surface area contributed by atoms with Gasteiger partial charge in [0.25, 0.3) is 0 Å². The van der Waals surface area contributed by atoms with Crippen molar-refractivity contribution < 1.29 is 22.7 Å². The van der Waals surface area contributed by atoms with Crippen molar-refractivity contribution in [1.29, 1.82) is 0 Å². The molecule has 0 saturated carbocycles. The van der Waals surface area contributed by atoms with Crippen LogP contribution in [0.1, 0.15) is 6.42 Å². The molecule has 26 heavy (non-hydrogen) atoms. The molecule has 1 aromatic rings. The zero-order valence-corrected chi connectivity index (χ0v) is 15.7. The van der Waals surface area contributed by atoms with Crippen molar-refractivity contribution in [2.24, 2.45) is 5.92 Å². The van der Waals surface area contributed by atoms with E-state index in [1.54, 1.807) is 41.2 Å². The van der Waals surface area contributed by atoms with Crippen molar-refractivity contribution in [1.82, 2.24) is 9.21 Å². The number of benzene rings is 1. The van der Waals surface area contributed by atoms with Gasteiger partial charge < -0.3 is 14.5 Å². The molecule has 2 heterocycles. The van der Waals surface area contributed by atoms with Crippen molar-refractivity contribution in [3.63, 3.8) is 0 Å². The monoisotopic (exact) mass is 381 g/mol. The first kappa shape index (κ1) is 18.7. The van der Waals surface area contributed by atoms with E-state index in [-0.39, 0.29) is 18.2 Å². The molecule has 0 unspecified atom stereocenters.